The van der Waals surface area contributed by atoms with Crippen molar-refractivity contribution in [3.05, 3.63) is 29.6 Å². The van der Waals surface area contributed by atoms with Crippen LogP contribution in [0.25, 0.3) is 0 Å². The molecule has 3 rings (SSSR count). The summed E-state index contributed by atoms with van der Waals surface area (Å²) >= 11 is 0. The lowest BCUT2D eigenvalue weighted by Crippen LogP contribution is -2.50. The average molecular weight is 391 g/mol. The zero-order valence-corrected chi connectivity index (χ0v) is 16.5. The lowest BCUT2D eigenvalue weighted by molar-refractivity contribution is -0.134. The standard InChI is InChI=1S/C20H26FN3O4/c1-20(2,3)28-19(27)24-10-8-23(9-11-24)13-4-6-16(21)15(12-13)14-5-7-17(25)22-18(14)26/h4,6,12,14H,5,7-11H2,1-3H3,(H,22,25,26). The normalized spacial score (nSPS) is 20.8. The molecule has 1 aromatic carbocycles. The molecular weight excluding hydrogens is 365 g/mol. The van der Waals surface area contributed by atoms with Gasteiger partial charge in [-0.1, -0.05) is 0 Å². The molecule has 1 atom stereocenters. The molecule has 28 heavy (non-hydrogen) atoms. The number of ether oxygens (including phenoxy) is 1. The lowest BCUT2D eigenvalue weighted by Gasteiger charge is -2.37. The number of imide groups is 1. The van der Waals surface area contributed by atoms with Gasteiger partial charge in [-0.25, -0.2) is 9.18 Å². The third-order valence-electron chi connectivity index (χ3n) is 4.89. The maximum absolute atomic E-state index is 14.4. The molecule has 7 nitrogen and oxygen atoms in total. The van der Waals surface area contributed by atoms with E-state index in [0.717, 1.165) is 5.69 Å². The van der Waals surface area contributed by atoms with Crippen molar-refractivity contribution in [1.29, 1.82) is 0 Å². The molecule has 1 aromatic rings. The van der Waals surface area contributed by atoms with Crippen molar-refractivity contribution in [2.75, 3.05) is 31.1 Å². The van der Waals surface area contributed by atoms with Crippen LogP contribution in [0, 0.1) is 5.82 Å². The van der Waals surface area contributed by atoms with Crippen LogP contribution in [-0.4, -0.2) is 54.6 Å². The maximum atomic E-state index is 14.4. The number of halogens is 1. The number of nitrogens with one attached hydrogen (secondary N) is 1. The Bertz CT molecular complexity index is 782. The topological polar surface area (TPSA) is 79.0 Å². The first-order valence-electron chi connectivity index (χ1n) is 9.50. The highest BCUT2D eigenvalue weighted by atomic mass is 19.1. The van der Waals surface area contributed by atoms with Gasteiger partial charge in [0.05, 0.1) is 5.92 Å². The molecule has 2 fully saturated rings. The van der Waals surface area contributed by atoms with Crippen LogP contribution in [0.2, 0.25) is 0 Å². The molecular formula is C20H26FN3O4. The highest BCUT2D eigenvalue weighted by Gasteiger charge is 2.31. The number of anilines is 1. The van der Waals surface area contributed by atoms with Gasteiger partial charge >= 0.3 is 6.09 Å². The Balaban J connectivity index is 1.68. The fourth-order valence-corrected chi connectivity index (χ4v) is 3.46. The minimum Gasteiger partial charge on any atom is -0.444 e. The van der Waals surface area contributed by atoms with E-state index in [1.54, 1.807) is 17.0 Å². The summed E-state index contributed by atoms with van der Waals surface area (Å²) in [6, 6.07) is 4.71. The Kier molecular flexibility index (Phi) is 5.58. The van der Waals surface area contributed by atoms with Crippen molar-refractivity contribution in [2.45, 2.75) is 45.1 Å². The average Bonchev–Trinajstić information content (AvgIpc) is 2.61. The van der Waals surface area contributed by atoms with E-state index in [0.29, 0.717) is 38.2 Å². The molecule has 1 unspecified atom stereocenters. The molecule has 0 bridgehead atoms. The van der Waals surface area contributed by atoms with Crippen LogP contribution in [0.5, 0.6) is 0 Å². The summed E-state index contributed by atoms with van der Waals surface area (Å²) in [5.74, 6) is -1.90. The smallest absolute Gasteiger partial charge is 0.410 e. The number of carbonyl (C=O) groups excluding carboxylic acids is 3. The second-order valence-corrected chi connectivity index (χ2v) is 8.16. The number of piperazine rings is 1. The van der Waals surface area contributed by atoms with E-state index in [2.05, 4.69) is 10.2 Å². The second kappa shape index (κ2) is 7.77. The van der Waals surface area contributed by atoms with Crippen LogP contribution in [0.15, 0.2) is 18.2 Å². The van der Waals surface area contributed by atoms with Crippen LogP contribution in [0.4, 0.5) is 14.9 Å². The molecule has 2 aliphatic rings. The summed E-state index contributed by atoms with van der Waals surface area (Å²) in [6.45, 7) is 7.65. The Labute approximate surface area is 163 Å². The van der Waals surface area contributed by atoms with Gasteiger partial charge in [0.1, 0.15) is 11.4 Å². The van der Waals surface area contributed by atoms with Crippen LogP contribution < -0.4 is 10.2 Å². The molecule has 0 saturated carbocycles. The number of rotatable bonds is 2. The van der Waals surface area contributed by atoms with Crippen molar-refractivity contribution in [2.24, 2.45) is 0 Å². The molecule has 3 amide bonds. The van der Waals surface area contributed by atoms with Gasteiger partial charge in [0, 0.05) is 43.9 Å². The molecule has 8 heteroatoms. The molecule has 0 spiro atoms. The predicted molar refractivity (Wildman–Crippen MR) is 102 cm³/mol. The summed E-state index contributed by atoms with van der Waals surface area (Å²) in [7, 11) is 0. The summed E-state index contributed by atoms with van der Waals surface area (Å²) in [5, 5.41) is 2.27. The number of amides is 3. The van der Waals surface area contributed by atoms with Crippen LogP contribution in [0.1, 0.15) is 45.1 Å². The first-order valence-corrected chi connectivity index (χ1v) is 9.50. The molecule has 2 heterocycles. The summed E-state index contributed by atoms with van der Waals surface area (Å²) < 4.78 is 19.8. The monoisotopic (exact) mass is 391 g/mol. The molecule has 0 radical (unpaired) electrons. The first-order chi connectivity index (χ1) is 13.1. The molecule has 2 aliphatic heterocycles. The van der Waals surface area contributed by atoms with Crippen LogP contribution in [-0.2, 0) is 14.3 Å². The lowest BCUT2D eigenvalue weighted by atomic mass is 9.89. The largest absolute Gasteiger partial charge is 0.444 e. The highest BCUT2D eigenvalue weighted by molar-refractivity contribution is 6.01. The van der Waals surface area contributed by atoms with Gasteiger partial charge < -0.3 is 14.5 Å². The molecule has 0 aliphatic carbocycles. The molecule has 1 N–H and O–H groups in total. The van der Waals surface area contributed by atoms with E-state index in [1.165, 1.54) is 6.07 Å². The molecule has 152 valence electrons. The van der Waals surface area contributed by atoms with Crippen LogP contribution >= 0.6 is 0 Å². The highest BCUT2D eigenvalue weighted by Crippen LogP contribution is 2.30. The van der Waals surface area contributed by atoms with E-state index in [9.17, 15) is 18.8 Å². The van der Waals surface area contributed by atoms with Crippen molar-refractivity contribution >= 4 is 23.6 Å². The van der Waals surface area contributed by atoms with Gasteiger partial charge in [0.2, 0.25) is 11.8 Å². The van der Waals surface area contributed by atoms with Crippen molar-refractivity contribution in [1.82, 2.24) is 10.2 Å². The van der Waals surface area contributed by atoms with Gasteiger partial charge in [0.15, 0.2) is 0 Å². The van der Waals surface area contributed by atoms with E-state index in [-0.39, 0.29) is 18.4 Å². The number of benzene rings is 1. The van der Waals surface area contributed by atoms with E-state index in [1.807, 2.05) is 20.8 Å². The van der Waals surface area contributed by atoms with Crippen molar-refractivity contribution < 1.29 is 23.5 Å². The zero-order valence-electron chi connectivity index (χ0n) is 16.5. The van der Waals surface area contributed by atoms with E-state index >= 15 is 0 Å². The number of nitrogens with zero attached hydrogens (tertiary/aromatic N) is 2. The summed E-state index contributed by atoms with van der Waals surface area (Å²) in [5.41, 5.74) is 0.559. The number of hydrogen-bond donors (Lipinski definition) is 1. The number of piperidine rings is 1. The fraction of sp³-hybridized carbons (Fsp3) is 0.550. The first kappa shape index (κ1) is 20.1. The maximum Gasteiger partial charge on any atom is 0.410 e. The van der Waals surface area contributed by atoms with E-state index in [4.69, 9.17) is 4.74 Å². The Hall–Kier alpha value is -2.64. The van der Waals surface area contributed by atoms with Gasteiger partial charge in [-0.15, -0.1) is 0 Å². The third-order valence-corrected chi connectivity index (χ3v) is 4.89. The van der Waals surface area contributed by atoms with Gasteiger partial charge in [0.25, 0.3) is 0 Å². The molecule has 0 aromatic heterocycles. The van der Waals surface area contributed by atoms with Gasteiger partial charge in [-0.05, 0) is 45.4 Å². The quantitative estimate of drug-likeness (QED) is 0.784. The van der Waals surface area contributed by atoms with Crippen molar-refractivity contribution in [3.63, 3.8) is 0 Å². The summed E-state index contributed by atoms with van der Waals surface area (Å²) in [4.78, 5) is 39.4. The zero-order chi connectivity index (χ0) is 20.5. The number of hydrogen-bond acceptors (Lipinski definition) is 5. The van der Waals surface area contributed by atoms with Crippen LogP contribution in [0.3, 0.4) is 0 Å². The molecule has 2 saturated heterocycles. The predicted octanol–water partition coefficient (Wildman–Crippen LogP) is 2.40. The SMILES string of the molecule is CC(C)(C)OC(=O)N1CCN(c2ccc(F)c(C3CCC(=O)NC3=O)c2)CC1. The summed E-state index contributed by atoms with van der Waals surface area (Å²) in [6.07, 6.45) is 0.169. The van der Waals surface area contributed by atoms with Gasteiger partial charge in [-0.3, -0.25) is 14.9 Å². The fourth-order valence-electron chi connectivity index (χ4n) is 3.46. The third kappa shape index (κ3) is 4.61. The Morgan fingerprint density at radius 1 is 1.18 bits per heavy atom. The second-order valence-electron chi connectivity index (χ2n) is 8.16. The number of carbonyl (C=O) groups is 3. The van der Waals surface area contributed by atoms with Crippen molar-refractivity contribution in [3.8, 4) is 0 Å². The van der Waals surface area contributed by atoms with Gasteiger partial charge in [-0.2, -0.15) is 0 Å². The Morgan fingerprint density at radius 2 is 1.86 bits per heavy atom. The van der Waals surface area contributed by atoms with E-state index < -0.39 is 23.2 Å². The minimum absolute atomic E-state index is 0.203. The Morgan fingerprint density at radius 3 is 2.46 bits per heavy atom. The minimum atomic E-state index is -0.666.